The largest absolute Gasteiger partial charge is 2.00 e. The van der Waals surface area contributed by atoms with Crippen LogP contribution in [0.5, 0.6) is 0 Å². The molecule has 0 saturated carbocycles. The van der Waals surface area contributed by atoms with Crippen LogP contribution in [0.3, 0.4) is 0 Å². The van der Waals surface area contributed by atoms with Gasteiger partial charge in [0.15, 0.2) is 0 Å². The van der Waals surface area contributed by atoms with Gasteiger partial charge in [0.25, 0.3) is 0 Å². The molecule has 0 aromatic heterocycles. The minimum absolute atomic E-state index is 0. The van der Waals surface area contributed by atoms with E-state index in [1.807, 2.05) is 0 Å². The standard InChI is InChI=1S/2C7H5NO3S.Cd.4H2O/c2*9-7-5-3-1-2-4-6(5)12(10,11)8-7;;;;;/h2*1-4H,(H,8,9);;4*1H2/q;;+2;;;;/p+2. The summed E-state index contributed by atoms with van der Waals surface area (Å²) in [5, 5.41) is 0. The van der Waals surface area contributed by atoms with Gasteiger partial charge in [-0.1, -0.05) is 36.4 Å². The number of sulfonamides is 2. The summed E-state index contributed by atoms with van der Waals surface area (Å²) >= 11 is 0. The average molecular weight is 553 g/mol. The topological polar surface area (TPSA) is 263 Å². The quantitative estimate of drug-likeness (QED) is 0.266. The molecule has 0 radical (unpaired) electrons. The Morgan fingerprint density at radius 1 is 0.552 bits per heavy atom. The Kier molecular flexibility index (Phi) is 12.3. The van der Waals surface area contributed by atoms with Gasteiger partial charge in [-0.15, -0.1) is 0 Å². The van der Waals surface area contributed by atoms with Crippen LogP contribution in [0.15, 0.2) is 58.3 Å². The Morgan fingerprint density at radius 3 is 1.10 bits per heavy atom. The molecular formula is C14H20CdN2O10S2+4. The molecule has 0 aliphatic carbocycles. The van der Waals surface area contributed by atoms with Crippen molar-refractivity contribution in [3.05, 3.63) is 69.1 Å². The van der Waals surface area contributed by atoms with Crippen molar-refractivity contribution >= 4 is 31.9 Å². The maximum absolute atomic E-state index is 11.1. The number of amides is 2. The second kappa shape index (κ2) is 11.3. The van der Waals surface area contributed by atoms with E-state index in [2.05, 4.69) is 9.44 Å². The molecule has 2 aromatic rings. The van der Waals surface area contributed by atoms with Gasteiger partial charge >= 0.3 is 27.3 Å². The van der Waals surface area contributed by atoms with E-state index < -0.39 is 31.9 Å². The third-order valence-corrected chi connectivity index (χ3v) is 5.83. The summed E-state index contributed by atoms with van der Waals surface area (Å²) in [7, 11) is -7.36. The maximum atomic E-state index is 11.1. The summed E-state index contributed by atoms with van der Waals surface area (Å²) in [4.78, 5) is 21.9. The van der Waals surface area contributed by atoms with Gasteiger partial charge in [0.1, 0.15) is 20.0 Å². The molecule has 4 rings (SSSR count). The first-order chi connectivity index (χ1) is 11.2. The van der Waals surface area contributed by atoms with Crippen molar-refractivity contribution in [3.63, 3.8) is 0 Å². The molecule has 0 spiro atoms. The first kappa shape index (κ1) is 31.7. The van der Waals surface area contributed by atoms with Crippen LogP contribution in [0, 0.1) is 0 Å². The fourth-order valence-electron chi connectivity index (χ4n) is 2.15. The van der Waals surface area contributed by atoms with E-state index in [0.29, 0.717) is 0 Å². The van der Waals surface area contributed by atoms with Gasteiger partial charge in [-0.3, -0.25) is 0 Å². The molecule has 0 unspecified atom stereocenters. The third-order valence-electron chi connectivity index (χ3n) is 3.20. The molecule has 2 aliphatic rings. The van der Waals surface area contributed by atoms with Crippen molar-refractivity contribution in [1.29, 1.82) is 0 Å². The fraction of sp³-hybridized carbons (Fsp3) is 0. The summed E-state index contributed by atoms with van der Waals surface area (Å²) in [6, 6.07) is 12.0. The molecule has 156 valence electrons. The number of carbonyl (C=O) groups excluding carboxylic acids is 2. The van der Waals surface area contributed by atoms with Crippen LogP contribution in [0.25, 0.3) is 9.44 Å². The van der Waals surface area contributed by atoms with Gasteiger partial charge < -0.3 is 40.9 Å². The Bertz CT molecular complexity index is 1000. The Balaban J connectivity index is -0.000000398. The monoisotopic (exact) mass is 554 g/mol. The number of rotatable bonds is 0. The molecule has 29 heavy (non-hydrogen) atoms. The van der Waals surface area contributed by atoms with Crippen LogP contribution in [0.1, 0.15) is 20.7 Å². The van der Waals surface area contributed by atoms with Crippen molar-refractivity contribution < 1.29 is 75.6 Å². The van der Waals surface area contributed by atoms with Gasteiger partial charge in [-0.25, -0.2) is 16.8 Å². The number of benzene rings is 2. The van der Waals surface area contributed by atoms with E-state index in [4.69, 9.17) is 0 Å². The second-order valence-electron chi connectivity index (χ2n) is 4.74. The third kappa shape index (κ3) is 6.01. The number of hydrogen-bond donors (Lipinski definition) is 0. The van der Waals surface area contributed by atoms with Crippen molar-refractivity contribution in [2.75, 3.05) is 0 Å². The van der Waals surface area contributed by atoms with Gasteiger partial charge in [-0.2, -0.15) is 0 Å². The van der Waals surface area contributed by atoms with E-state index in [1.165, 1.54) is 24.3 Å². The predicted octanol–water partition coefficient (Wildman–Crippen LogP) is -1.88. The maximum Gasteiger partial charge on any atom is 2.00 e. The smallest absolute Gasteiger partial charge is 0.537 e. The van der Waals surface area contributed by atoms with Crippen molar-refractivity contribution in [2.45, 2.75) is 9.79 Å². The molecular weight excluding hydrogens is 533 g/mol. The molecule has 2 heterocycles. The molecule has 15 heteroatoms. The van der Waals surface area contributed by atoms with Crippen LogP contribution in [-0.4, -0.2) is 28.6 Å². The number of fused-ring (bicyclic) bond motifs is 2. The summed E-state index contributed by atoms with van der Waals surface area (Å²) < 4.78 is 50.3. The second-order valence-corrected chi connectivity index (χ2v) is 7.88. The zero-order valence-electron chi connectivity index (χ0n) is 14.8. The van der Waals surface area contributed by atoms with Crippen molar-refractivity contribution in [2.24, 2.45) is 0 Å². The Labute approximate surface area is 185 Å². The molecule has 0 atom stereocenters. The van der Waals surface area contributed by atoms with Crippen LogP contribution in [0.4, 0.5) is 0 Å². The Morgan fingerprint density at radius 2 is 0.828 bits per heavy atom. The molecule has 0 fully saturated rings. The van der Waals surface area contributed by atoms with E-state index in [0.717, 1.165) is 0 Å². The van der Waals surface area contributed by atoms with Gasteiger partial charge in [0.2, 0.25) is 0 Å². The van der Waals surface area contributed by atoms with Gasteiger partial charge in [0, 0.05) is 11.1 Å². The van der Waals surface area contributed by atoms with Gasteiger partial charge in [0.05, 0.1) is 21.6 Å². The summed E-state index contributed by atoms with van der Waals surface area (Å²) in [6.45, 7) is 0. The summed E-state index contributed by atoms with van der Waals surface area (Å²) in [5.74, 6) is -1.35. The minimum Gasteiger partial charge on any atom is -0.537 e. The van der Waals surface area contributed by atoms with Crippen LogP contribution < -0.4 is 0 Å². The summed E-state index contributed by atoms with van der Waals surface area (Å²) in [6.07, 6.45) is 0. The zero-order valence-corrected chi connectivity index (χ0v) is 20.5. The number of carbonyl (C=O) groups is 2. The summed E-state index contributed by atoms with van der Waals surface area (Å²) in [5.41, 5.74) is 0.329. The SMILES string of the molecule is O=C1[N-]S(=O)(=O)c2ccccc21.O=C1[N-]S(=O)(=O)c2ccccc21.[Cd+2].[OH3+].[OH3+].[OH3+].[OH3+]. The minimum atomic E-state index is -3.68. The zero-order chi connectivity index (χ0) is 17.5. The van der Waals surface area contributed by atoms with Gasteiger partial charge in [-0.05, 0) is 12.1 Å². The van der Waals surface area contributed by atoms with Crippen LogP contribution in [0.2, 0.25) is 0 Å². The molecule has 0 saturated heterocycles. The first-order valence-electron chi connectivity index (χ1n) is 6.45. The first-order valence-corrected chi connectivity index (χ1v) is 9.33. The molecule has 12 N–H and O–H groups in total. The number of hydrogen-bond acceptors (Lipinski definition) is 6. The predicted molar refractivity (Wildman–Crippen MR) is 102 cm³/mol. The molecule has 2 aliphatic heterocycles. The average Bonchev–Trinajstić information content (AvgIpc) is 2.91. The van der Waals surface area contributed by atoms with Crippen LogP contribution >= 0.6 is 0 Å². The molecule has 2 aromatic carbocycles. The molecule has 2 amide bonds. The Hall–Kier alpha value is -1.96. The van der Waals surface area contributed by atoms with E-state index in [1.54, 1.807) is 24.3 Å². The van der Waals surface area contributed by atoms with Crippen molar-refractivity contribution in [3.8, 4) is 0 Å². The number of nitrogens with zero attached hydrogens (tertiary/aromatic N) is 2. The molecule has 12 nitrogen and oxygen atoms in total. The fourth-order valence-corrected chi connectivity index (χ4v) is 4.35. The van der Waals surface area contributed by atoms with E-state index >= 15 is 0 Å². The van der Waals surface area contributed by atoms with E-state index in [9.17, 15) is 26.4 Å². The van der Waals surface area contributed by atoms with Crippen molar-refractivity contribution in [1.82, 2.24) is 0 Å². The van der Waals surface area contributed by atoms with E-state index in [-0.39, 0.29) is 70.1 Å². The van der Waals surface area contributed by atoms with Crippen LogP contribution in [-0.2, 0) is 69.3 Å². The molecule has 0 bridgehead atoms. The normalized spacial score (nSPS) is 15.3.